The molecule has 0 radical (unpaired) electrons. The minimum absolute atomic E-state index is 0.0765. The number of thioether (sulfide) groups is 1. The number of likely N-dealkylation sites (N-methyl/N-ethyl adjacent to an activating group) is 1. The Labute approximate surface area is 155 Å². The van der Waals surface area contributed by atoms with Gasteiger partial charge in [-0.3, -0.25) is 4.90 Å². The van der Waals surface area contributed by atoms with E-state index in [2.05, 4.69) is 9.80 Å². The molecule has 26 heavy (non-hydrogen) atoms. The third-order valence-electron chi connectivity index (χ3n) is 4.78. The van der Waals surface area contributed by atoms with E-state index in [-0.39, 0.29) is 22.7 Å². The third-order valence-corrected chi connectivity index (χ3v) is 5.50. The molecular weight excluding hydrogens is 365 g/mol. The van der Waals surface area contributed by atoms with Crippen LogP contribution in [0.25, 0.3) is 0 Å². The smallest absolute Gasteiger partial charge is 0.369 e. The van der Waals surface area contributed by atoms with E-state index in [1.54, 1.807) is 17.0 Å². The molecule has 2 saturated heterocycles. The molecule has 1 aromatic rings. The van der Waals surface area contributed by atoms with Crippen molar-refractivity contribution in [2.45, 2.75) is 10.4 Å². The number of hydrogen-bond acceptors (Lipinski definition) is 4. The second-order valence-corrected chi connectivity index (χ2v) is 7.70. The van der Waals surface area contributed by atoms with Crippen LogP contribution in [-0.4, -0.2) is 85.6 Å². The maximum atomic E-state index is 12.5. The SMILES string of the molecule is CN1CCN(CCN2CCN(c3cccc(SC(F)(F)F)c3)CC2)C1=O. The first-order valence-corrected chi connectivity index (χ1v) is 9.47. The summed E-state index contributed by atoms with van der Waals surface area (Å²) in [6.07, 6.45) is 0. The van der Waals surface area contributed by atoms with Crippen LogP contribution in [0.5, 0.6) is 0 Å². The van der Waals surface area contributed by atoms with Gasteiger partial charge in [-0.25, -0.2) is 4.79 Å². The molecule has 2 aliphatic heterocycles. The summed E-state index contributed by atoms with van der Waals surface area (Å²) >= 11 is -0.0765. The summed E-state index contributed by atoms with van der Waals surface area (Å²) in [6, 6.07) is 6.71. The Morgan fingerprint density at radius 1 is 1.04 bits per heavy atom. The lowest BCUT2D eigenvalue weighted by molar-refractivity contribution is -0.0328. The van der Waals surface area contributed by atoms with Gasteiger partial charge in [-0.1, -0.05) is 6.07 Å². The fourth-order valence-electron chi connectivity index (χ4n) is 3.28. The predicted octanol–water partition coefficient (Wildman–Crippen LogP) is 2.79. The number of anilines is 1. The van der Waals surface area contributed by atoms with E-state index >= 15 is 0 Å². The largest absolute Gasteiger partial charge is 0.446 e. The number of alkyl halides is 3. The Morgan fingerprint density at radius 2 is 1.77 bits per heavy atom. The number of rotatable bonds is 5. The number of benzene rings is 1. The minimum Gasteiger partial charge on any atom is -0.369 e. The van der Waals surface area contributed by atoms with Crippen LogP contribution in [-0.2, 0) is 0 Å². The summed E-state index contributed by atoms with van der Waals surface area (Å²) in [5.74, 6) is 0. The van der Waals surface area contributed by atoms with Crippen LogP contribution < -0.4 is 4.90 Å². The molecule has 0 spiro atoms. The van der Waals surface area contributed by atoms with Crippen LogP contribution in [0.1, 0.15) is 0 Å². The monoisotopic (exact) mass is 388 g/mol. The van der Waals surface area contributed by atoms with Crippen molar-refractivity contribution in [2.24, 2.45) is 0 Å². The number of urea groups is 1. The molecule has 0 saturated carbocycles. The molecular formula is C17H23F3N4OS. The van der Waals surface area contributed by atoms with Gasteiger partial charge in [0.15, 0.2) is 0 Å². The van der Waals surface area contributed by atoms with Crippen molar-refractivity contribution in [3.63, 3.8) is 0 Å². The number of carbonyl (C=O) groups is 1. The van der Waals surface area contributed by atoms with Crippen molar-refractivity contribution in [1.29, 1.82) is 0 Å². The maximum Gasteiger partial charge on any atom is 0.446 e. The summed E-state index contributed by atoms with van der Waals surface area (Å²) in [6.45, 7) is 6.33. The van der Waals surface area contributed by atoms with Gasteiger partial charge in [0.25, 0.3) is 0 Å². The zero-order chi connectivity index (χ0) is 18.7. The van der Waals surface area contributed by atoms with E-state index in [1.165, 1.54) is 6.07 Å². The average Bonchev–Trinajstić information content (AvgIpc) is 2.91. The number of piperazine rings is 1. The molecule has 9 heteroatoms. The van der Waals surface area contributed by atoms with E-state index in [0.29, 0.717) is 0 Å². The Balaban J connectivity index is 1.48. The van der Waals surface area contributed by atoms with Crippen LogP contribution in [0, 0.1) is 0 Å². The molecule has 5 nitrogen and oxygen atoms in total. The number of halogens is 3. The fraction of sp³-hybridized carbons (Fsp3) is 0.588. The topological polar surface area (TPSA) is 30.0 Å². The van der Waals surface area contributed by atoms with Gasteiger partial charge in [-0.05, 0) is 30.0 Å². The minimum atomic E-state index is -4.27. The summed E-state index contributed by atoms with van der Waals surface area (Å²) in [7, 11) is 1.81. The van der Waals surface area contributed by atoms with Crippen molar-refractivity contribution in [3.05, 3.63) is 24.3 Å². The van der Waals surface area contributed by atoms with Crippen LogP contribution >= 0.6 is 11.8 Å². The number of nitrogens with zero attached hydrogens (tertiary/aromatic N) is 4. The Kier molecular flexibility index (Phi) is 5.86. The van der Waals surface area contributed by atoms with Gasteiger partial charge in [0, 0.05) is 70.0 Å². The van der Waals surface area contributed by atoms with Crippen molar-refractivity contribution >= 4 is 23.5 Å². The van der Waals surface area contributed by atoms with Crippen molar-refractivity contribution < 1.29 is 18.0 Å². The van der Waals surface area contributed by atoms with E-state index < -0.39 is 5.51 Å². The predicted molar refractivity (Wildman–Crippen MR) is 96.6 cm³/mol. The highest BCUT2D eigenvalue weighted by atomic mass is 32.2. The zero-order valence-electron chi connectivity index (χ0n) is 14.7. The summed E-state index contributed by atoms with van der Waals surface area (Å²) in [5, 5.41) is 0. The summed E-state index contributed by atoms with van der Waals surface area (Å²) < 4.78 is 37.6. The van der Waals surface area contributed by atoms with Gasteiger partial charge in [-0.2, -0.15) is 13.2 Å². The van der Waals surface area contributed by atoms with E-state index in [0.717, 1.165) is 58.0 Å². The van der Waals surface area contributed by atoms with Crippen molar-refractivity contribution in [1.82, 2.24) is 14.7 Å². The van der Waals surface area contributed by atoms with Gasteiger partial charge in [0.1, 0.15) is 0 Å². The van der Waals surface area contributed by atoms with Crippen LogP contribution in [0.3, 0.4) is 0 Å². The molecule has 0 unspecified atom stereocenters. The van der Waals surface area contributed by atoms with E-state index in [1.807, 2.05) is 18.0 Å². The second kappa shape index (κ2) is 7.96. The summed E-state index contributed by atoms with van der Waals surface area (Å²) in [5.41, 5.74) is -3.44. The molecule has 3 rings (SSSR count). The Hall–Kier alpha value is -1.61. The first-order chi connectivity index (χ1) is 12.3. The first kappa shape index (κ1) is 19.2. The molecule has 144 valence electrons. The van der Waals surface area contributed by atoms with Gasteiger partial charge in [-0.15, -0.1) is 0 Å². The number of carbonyl (C=O) groups excluding carboxylic acids is 1. The van der Waals surface area contributed by atoms with Crippen LogP contribution in [0.2, 0.25) is 0 Å². The highest BCUT2D eigenvalue weighted by molar-refractivity contribution is 8.00. The first-order valence-electron chi connectivity index (χ1n) is 8.65. The molecule has 2 amide bonds. The highest BCUT2D eigenvalue weighted by Gasteiger charge is 2.30. The molecule has 2 heterocycles. The van der Waals surface area contributed by atoms with Crippen LogP contribution in [0.4, 0.5) is 23.7 Å². The van der Waals surface area contributed by atoms with Gasteiger partial charge < -0.3 is 14.7 Å². The standard InChI is InChI=1S/C17H23F3N4OS/c1-21-5-9-24(16(21)25)12-8-22-6-10-23(11-7-22)14-3-2-4-15(13-14)26-17(18,19)20/h2-4,13H,5-12H2,1H3. The van der Waals surface area contributed by atoms with E-state index in [9.17, 15) is 18.0 Å². The lowest BCUT2D eigenvalue weighted by Crippen LogP contribution is -2.48. The average molecular weight is 388 g/mol. The molecule has 0 N–H and O–H groups in total. The fourth-order valence-corrected chi connectivity index (χ4v) is 3.87. The van der Waals surface area contributed by atoms with Crippen molar-refractivity contribution in [2.75, 3.05) is 64.3 Å². The Bertz CT molecular complexity index is 635. The normalized spacial score (nSPS) is 19.5. The Morgan fingerprint density at radius 3 is 2.38 bits per heavy atom. The van der Waals surface area contributed by atoms with Crippen LogP contribution in [0.15, 0.2) is 29.2 Å². The molecule has 0 bridgehead atoms. The van der Waals surface area contributed by atoms with Gasteiger partial charge in [0.2, 0.25) is 0 Å². The molecule has 0 atom stereocenters. The number of amides is 2. The number of hydrogen-bond donors (Lipinski definition) is 0. The van der Waals surface area contributed by atoms with Gasteiger partial charge >= 0.3 is 11.5 Å². The zero-order valence-corrected chi connectivity index (χ0v) is 15.5. The molecule has 0 aliphatic carbocycles. The lowest BCUT2D eigenvalue weighted by atomic mass is 10.2. The second-order valence-electron chi connectivity index (χ2n) is 6.57. The highest BCUT2D eigenvalue weighted by Crippen LogP contribution is 2.38. The van der Waals surface area contributed by atoms with Gasteiger partial charge in [0.05, 0.1) is 0 Å². The molecule has 1 aromatic carbocycles. The maximum absolute atomic E-state index is 12.5. The van der Waals surface area contributed by atoms with E-state index in [4.69, 9.17) is 0 Å². The molecule has 0 aromatic heterocycles. The lowest BCUT2D eigenvalue weighted by Gasteiger charge is -2.36. The van der Waals surface area contributed by atoms with Crippen molar-refractivity contribution in [3.8, 4) is 0 Å². The third kappa shape index (κ3) is 4.97. The summed E-state index contributed by atoms with van der Waals surface area (Å²) in [4.78, 5) is 20.1. The quantitative estimate of drug-likeness (QED) is 0.726. The molecule has 2 aliphatic rings. The molecule has 2 fully saturated rings.